The summed E-state index contributed by atoms with van der Waals surface area (Å²) in [6.45, 7) is 1.41. The Morgan fingerprint density at radius 3 is 2.80 bits per heavy atom. The Hall–Kier alpha value is -2.27. The van der Waals surface area contributed by atoms with Crippen LogP contribution < -0.4 is 4.74 Å². The number of nitrogens with zero attached hydrogens (tertiary/aromatic N) is 1. The molecule has 128 valence electrons. The standard InChI is InChI=1S/C20H19BrN2O2/c1-25-15-6-7-18-16(11-15)17-12-23(9-8-19(17)22-18)20(24)10-13-2-4-14(21)5-3-13/h2-7,11,22H,8-10,12H2,1H3. The molecule has 1 amide bonds. The van der Waals surface area contributed by atoms with Gasteiger partial charge in [0, 0.05) is 46.1 Å². The van der Waals surface area contributed by atoms with Crippen molar-refractivity contribution in [3.63, 3.8) is 0 Å². The van der Waals surface area contributed by atoms with E-state index in [0.717, 1.165) is 39.7 Å². The summed E-state index contributed by atoms with van der Waals surface area (Å²) in [5.41, 5.74) is 4.59. The number of hydrogen-bond acceptors (Lipinski definition) is 2. The van der Waals surface area contributed by atoms with Gasteiger partial charge in [-0.05, 0) is 35.9 Å². The Balaban J connectivity index is 1.57. The van der Waals surface area contributed by atoms with Crippen molar-refractivity contribution in [3.05, 3.63) is 63.8 Å². The van der Waals surface area contributed by atoms with Crippen molar-refractivity contribution >= 4 is 32.7 Å². The molecule has 1 aliphatic rings. The third-order valence-corrected chi connectivity index (χ3v) is 5.33. The minimum absolute atomic E-state index is 0.171. The number of carbonyl (C=O) groups is 1. The van der Waals surface area contributed by atoms with Crippen molar-refractivity contribution in [2.24, 2.45) is 0 Å². The van der Waals surface area contributed by atoms with Crippen molar-refractivity contribution in [2.45, 2.75) is 19.4 Å². The summed E-state index contributed by atoms with van der Waals surface area (Å²) in [6, 6.07) is 14.0. The largest absolute Gasteiger partial charge is 0.497 e. The molecule has 1 aliphatic heterocycles. The average molecular weight is 399 g/mol. The van der Waals surface area contributed by atoms with Crippen LogP contribution in [0.5, 0.6) is 5.75 Å². The highest BCUT2D eigenvalue weighted by atomic mass is 79.9. The average Bonchev–Trinajstić information content (AvgIpc) is 3.00. The fraction of sp³-hybridized carbons (Fsp3) is 0.250. The Kier molecular flexibility index (Phi) is 4.25. The minimum atomic E-state index is 0.171. The summed E-state index contributed by atoms with van der Waals surface area (Å²) in [4.78, 5) is 18.2. The fourth-order valence-corrected chi connectivity index (χ4v) is 3.69. The first-order valence-corrected chi connectivity index (χ1v) is 9.13. The number of carbonyl (C=O) groups excluding carboxylic acids is 1. The van der Waals surface area contributed by atoms with E-state index in [1.165, 1.54) is 11.3 Å². The van der Waals surface area contributed by atoms with Crippen LogP contribution in [0.25, 0.3) is 10.9 Å². The van der Waals surface area contributed by atoms with Gasteiger partial charge in [0.15, 0.2) is 0 Å². The summed E-state index contributed by atoms with van der Waals surface area (Å²) in [7, 11) is 1.67. The second-order valence-corrected chi connectivity index (χ2v) is 7.28. The van der Waals surface area contributed by atoms with Crippen LogP contribution in [0.15, 0.2) is 46.9 Å². The normalized spacial score (nSPS) is 13.8. The molecule has 5 heteroatoms. The third kappa shape index (κ3) is 3.16. The van der Waals surface area contributed by atoms with E-state index in [1.54, 1.807) is 7.11 Å². The summed E-state index contributed by atoms with van der Waals surface area (Å²) in [5.74, 6) is 1.01. The molecule has 25 heavy (non-hydrogen) atoms. The predicted octanol–water partition coefficient (Wildman–Crippen LogP) is 4.07. The van der Waals surface area contributed by atoms with E-state index >= 15 is 0 Å². The Morgan fingerprint density at radius 1 is 1.24 bits per heavy atom. The molecular weight excluding hydrogens is 380 g/mol. The summed E-state index contributed by atoms with van der Waals surface area (Å²) in [5, 5.41) is 1.15. The van der Waals surface area contributed by atoms with Crippen LogP contribution in [0.3, 0.4) is 0 Å². The maximum Gasteiger partial charge on any atom is 0.227 e. The molecule has 3 aromatic rings. The number of nitrogens with one attached hydrogen (secondary N) is 1. The van der Waals surface area contributed by atoms with Crippen molar-refractivity contribution < 1.29 is 9.53 Å². The van der Waals surface area contributed by atoms with Gasteiger partial charge in [-0.2, -0.15) is 0 Å². The van der Waals surface area contributed by atoms with Crippen LogP contribution in [-0.4, -0.2) is 29.4 Å². The maximum absolute atomic E-state index is 12.7. The second kappa shape index (κ2) is 6.56. The molecule has 0 unspecified atom stereocenters. The van der Waals surface area contributed by atoms with Crippen LogP contribution in [0.1, 0.15) is 16.8 Å². The molecule has 0 aliphatic carbocycles. The lowest BCUT2D eigenvalue weighted by atomic mass is 10.0. The van der Waals surface area contributed by atoms with Crippen LogP contribution in [-0.2, 0) is 24.2 Å². The number of aromatic nitrogens is 1. The molecule has 0 saturated carbocycles. The van der Waals surface area contributed by atoms with E-state index in [9.17, 15) is 4.79 Å². The summed E-state index contributed by atoms with van der Waals surface area (Å²) >= 11 is 3.43. The molecule has 0 spiro atoms. The Bertz CT molecular complexity index is 931. The van der Waals surface area contributed by atoms with Crippen molar-refractivity contribution in [1.29, 1.82) is 0 Å². The number of rotatable bonds is 3. The molecule has 0 bridgehead atoms. The predicted molar refractivity (Wildman–Crippen MR) is 102 cm³/mol. The van der Waals surface area contributed by atoms with Gasteiger partial charge < -0.3 is 14.6 Å². The lowest BCUT2D eigenvalue weighted by molar-refractivity contribution is -0.131. The summed E-state index contributed by atoms with van der Waals surface area (Å²) in [6.07, 6.45) is 1.30. The molecule has 2 aromatic carbocycles. The van der Waals surface area contributed by atoms with Crippen LogP contribution >= 0.6 is 15.9 Å². The van der Waals surface area contributed by atoms with Crippen molar-refractivity contribution in [3.8, 4) is 5.75 Å². The first-order chi connectivity index (χ1) is 12.1. The van der Waals surface area contributed by atoms with Crippen LogP contribution in [0.4, 0.5) is 0 Å². The smallest absolute Gasteiger partial charge is 0.227 e. The number of fused-ring (bicyclic) bond motifs is 3. The van der Waals surface area contributed by atoms with Gasteiger partial charge in [0.25, 0.3) is 0 Å². The highest BCUT2D eigenvalue weighted by molar-refractivity contribution is 9.10. The number of hydrogen-bond donors (Lipinski definition) is 1. The van der Waals surface area contributed by atoms with E-state index in [2.05, 4.69) is 20.9 Å². The molecule has 2 heterocycles. The molecule has 0 saturated heterocycles. The van der Waals surface area contributed by atoms with Crippen LogP contribution in [0.2, 0.25) is 0 Å². The molecular formula is C20H19BrN2O2. The first kappa shape index (κ1) is 16.2. The molecule has 0 radical (unpaired) electrons. The van der Waals surface area contributed by atoms with E-state index in [0.29, 0.717) is 13.0 Å². The van der Waals surface area contributed by atoms with Crippen molar-refractivity contribution in [1.82, 2.24) is 9.88 Å². The van der Waals surface area contributed by atoms with Crippen molar-refractivity contribution in [2.75, 3.05) is 13.7 Å². The van der Waals surface area contributed by atoms with Gasteiger partial charge in [-0.15, -0.1) is 0 Å². The molecule has 4 rings (SSSR count). The van der Waals surface area contributed by atoms with Gasteiger partial charge in [-0.25, -0.2) is 0 Å². The zero-order valence-electron chi connectivity index (χ0n) is 14.0. The van der Waals surface area contributed by atoms with Gasteiger partial charge in [0.05, 0.1) is 13.5 Å². The number of ether oxygens (including phenoxy) is 1. The summed E-state index contributed by atoms with van der Waals surface area (Å²) < 4.78 is 6.37. The number of halogens is 1. The zero-order valence-corrected chi connectivity index (χ0v) is 15.6. The third-order valence-electron chi connectivity index (χ3n) is 4.80. The number of methoxy groups -OCH3 is 1. The van der Waals surface area contributed by atoms with Gasteiger partial charge in [-0.1, -0.05) is 28.1 Å². The maximum atomic E-state index is 12.7. The van der Waals surface area contributed by atoms with Gasteiger partial charge in [0.1, 0.15) is 5.75 Å². The van der Waals surface area contributed by atoms with Gasteiger partial charge in [0.2, 0.25) is 5.91 Å². The fourth-order valence-electron chi connectivity index (χ4n) is 3.42. The Morgan fingerprint density at radius 2 is 2.04 bits per heavy atom. The van der Waals surface area contributed by atoms with Gasteiger partial charge in [-0.3, -0.25) is 4.79 Å². The quantitative estimate of drug-likeness (QED) is 0.722. The minimum Gasteiger partial charge on any atom is -0.497 e. The number of amides is 1. The zero-order chi connectivity index (χ0) is 17.4. The molecule has 1 N–H and O–H groups in total. The van der Waals surface area contributed by atoms with Crippen LogP contribution in [0, 0.1) is 0 Å². The highest BCUT2D eigenvalue weighted by Crippen LogP contribution is 2.30. The first-order valence-electron chi connectivity index (χ1n) is 8.34. The molecule has 4 nitrogen and oxygen atoms in total. The lowest BCUT2D eigenvalue weighted by Crippen LogP contribution is -2.36. The molecule has 0 fully saturated rings. The van der Waals surface area contributed by atoms with E-state index < -0.39 is 0 Å². The highest BCUT2D eigenvalue weighted by Gasteiger charge is 2.24. The van der Waals surface area contributed by atoms with E-state index in [-0.39, 0.29) is 5.91 Å². The monoisotopic (exact) mass is 398 g/mol. The molecule has 1 aromatic heterocycles. The van der Waals surface area contributed by atoms with E-state index in [4.69, 9.17) is 4.74 Å². The SMILES string of the molecule is COc1ccc2[nH]c3c(c2c1)CN(C(=O)Cc1ccc(Br)cc1)CC3. The molecule has 0 atom stereocenters. The van der Waals surface area contributed by atoms with E-state index in [1.807, 2.05) is 47.4 Å². The second-order valence-electron chi connectivity index (χ2n) is 6.36. The Labute approximate surface area is 154 Å². The lowest BCUT2D eigenvalue weighted by Gasteiger charge is -2.27. The van der Waals surface area contributed by atoms with Gasteiger partial charge >= 0.3 is 0 Å². The number of benzene rings is 2. The number of aromatic amines is 1. The topological polar surface area (TPSA) is 45.3 Å². The number of H-pyrrole nitrogens is 1.